The van der Waals surface area contributed by atoms with Gasteiger partial charge in [0.15, 0.2) is 0 Å². The number of methoxy groups -OCH3 is 1. The number of ether oxygens (including phenoxy) is 1. The Morgan fingerprint density at radius 2 is 1.75 bits per heavy atom. The van der Waals surface area contributed by atoms with Crippen LogP contribution in [0.25, 0.3) is 0 Å². The molecule has 0 saturated carbocycles. The van der Waals surface area contributed by atoms with Crippen LogP contribution in [-0.4, -0.2) is 33.4 Å². The van der Waals surface area contributed by atoms with Crippen molar-refractivity contribution >= 4 is 36.3 Å². The zero-order valence-electron chi connectivity index (χ0n) is 10.9. The van der Waals surface area contributed by atoms with Crippen LogP contribution in [0.1, 0.15) is 20.7 Å². The van der Waals surface area contributed by atoms with E-state index in [1.54, 1.807) is 30.3 Å². The van der Waals surface area contributed by atoms with Gasteiger partial charge >= 0.3 is 123 Å². The number of hydrogen-bond acceptors (Lipinski definition) is 4. The Kier molecular flexibility index (Phi) is 4.59. The number of anilines is 1. The van der Waals surface area contributed by atoms with Crippen LogP contribution in [0.4, 0.5) is 5.69 Å². The second-order valence-corrected chi connectivity index (χ2v) is 6.72. The first-order chi connectivity index (χ1) is 9.61. The van der Waals surface area contributed by atoms with E-state index in [4.69, 9.17) is 5.73 Å². The molecule has 102 valence electrons. The molecular formula is C15H14AsNO3. The monoisotopic (exact) mass is 331 g/mol. The van der Waals surface area contributed by atoms with E-state index in [0.717, 1.165) is 4.35 Å². The average molecular weight is 331 g/mol. The topological polar surface area (TPSA) is 69.4 Å². The fourth-order valence-corrected chi connectivity index (χ4v) is 3.81. The molecule has 5 heteroatoms. The molecule has 2 aromatic rings. The molecule has 0 amide bonds. The number of esters is 1. The average Bonchev–Trinajstić information content (AvgIpc) is 2.49. The predicted molar refractivity (Wildman–Crippen MR) is 79.7 cm³/mol. The summed E-state index contributed by atoms with van der Waals surface area (Å²) in [6.45, 7) is 0. The maximum absolute atomic E-state index is 12.2. The number of carbonyl (C=O) groups is 2. The van der Waals surface area contributed by atoms with Gasteiger partial charge in [0.25, 0.3) is 0 Å². The van der Waals surface area contributed by atoms with Gasteiger partial charge in [0, 0.05) is 0 Å². The van der Waals surface area contributed by atoms with Crippen molar-refractivity contribution < 1.29 is 14.3 Å². The molecule has 0 heterocycles. The predicted octanol–water partition coefficient (Wildman–Crippen LogP) is 0.958. The second kappa shape index (κ2) is 6.40. The van der Waals surface area contributed by atoms with Gasteiger partial charge in [-0.15, -0.1) is 0 Å². The molecule has 0 aliphatic heterocycles. The molecule has 0 aliphatic carbocycles. The minimum absolute atomic E-state index is 0.0827. The summed E-state index contributed by atoms with van der Waals surface area (Å²) < 4.78 is 5.50. The summed E-state index contributed by atoms with van der Waals surface area (Å²) in [7, 11) is 1.32. The molecule has 1 atom stereocenters. The first-order valence-corrected chi connectivity index (χ1v) is 8.06. The van der Waals surface area contributed by atoms with Crippen molar-refractivity contribution in [1.82, 2.24) is 0 Å². The molecule has 2 rings (SSSR count). The van der Waals surface area contributed by atoms with Crippen LogP contribution in [0.2, 0.25) is 0 Å². The zero-order chi connectivity index (χ0) is 14.5. The number of hydrogen-bond donors (Lipinski definition) is 1. The maximum atomic E-state index is 12.2. The minimum atomic E-state index is -1.11. The van der Waals surface area contributed by atoms with Crippen LogP contribution in [0.3, 0.4) is 0 Å². The van der Waals surface area contributed by atoms with E-state index in [1.807, 2.05) is 18.2 Å². The van der Waals surface area contributed by atoms with Crippen molar-refractivity contribution in [3.8, 4) is 0 Å². The number of benzene rings is 2. The molecule has 0 bridgehead atoms. The Bertz CT molecular complexity index is 641. The van der Waals surface area contributed by atoms with Crippen molar-refractivity contribution in [2.75, 3.05) is 12.8 Å². The Balaban J connectivity index is 2.25. The molecule has 2 aromatic carbocycles. The third kappa shape index (κ3) is 3.28. The van der Waals surface area contributed by atoms with Gasteiger partial charge in [0.05, 0.1) is 0 Å². The van der Waals surface area contributed by atoms with Crippen molar-refractivity contribution in [2.24, 2.45) is 0 Å². The fourth-order valence-electron chi connectivity index (χ4n) is 1.69. The third-order valence-electron chi connectivity index (χ3n) is 2.76. The summed E-state index contributed by atoms with van der Waals surface area (Å²) in [5, 5.41) is 0. The molecule has 0 saturated heterocycles. The molecule has 20 heavy (non-hydrogen) atoms. The van der Waals surface area contributed by atoms with Crippen LogP contribution in [-0.2, 0) is 4.74 Å². The quantitative estimate of drug-likeness (QED) is 0.515. The van der Waals surface area contributed by atoms with Gasteiger partial charge in [-0.3, -0.25) is 0 Å². The summed E-state index contributed by atoms with van der Waals surface area (Å²) in [6, 6.07) is 14.0. The van der Waals surface area contributed by atoms with Gasteiger partial charge in [0.1, 0.15) is 0 Å². The molecule has 0 aromatic heterocycles. The van der Waals surface area contributed by atoms with Gasteiger partial charge in [-0.1, -0.05) is 0 Å². The summed E-state index contributed by atoms with van der Waals surface area (Å²) in [5.41, 5.74) is 7.52. The van der Waals surface area contributed by atoms with Gasteiger partial charge in [-0.05, 0) is 0 Å². The number of nitrogen functional groups attached to an aromatic ring is 1. The van der Waals surface area contributed by atoms with E-state index >= 15 is 0 Å². The third-order valence-corrected chi connectivity index (χ3v) is 5.31. The standard InChI is InChI=1S/C15H14AsNO3/c1-20-15(19)11-7-8-13(17)12(9-11)16-14(18)10-5-3-2-4-6-10/h2-9,16H,17H2,1H3. The van der Waals surface area contributed by atoms with Gasteiger partial charge in [-0.25, -0.2) is 0 Å². The van der Waals surface area contributed by atoms with Crippen molar-refractivity contribution in [1.29, 1.82) is 0 Å². The van der Waals surface area contributed by atoms with Gasteiger partial charge in [0.2, 0.25) is 0 Å². The Labute approximate surface area is 123 Å². The van der Waals surface area contributed by atoms with E-state index in [2.05, 4.69) is 4.74 Å². The second-order valence-electron chi connectivity index (χ2n) is 4.11. The Morgan fingerprint density at radius 1 is 1.05 bits per heavy atom. The van der Waals surface area contributed by atoms with Gasteiger partial charge in [-0.2, -0.15) is 0 Å². The van der Waals surface area contributed by atoms with Crippen LogP contribution in [0, 0.1) is 0 Å². The van der Waals surface area contributed by atoms with Crippen LogP contribution >= 0.6 is 0 Å². The van der Waals surface area contributed by atoms with Crippen molar-refractivity contribution in [2.45, 2.75) is 0 Å². The fraction of sp³-hybridized carbons (Fsp3) is 0.0667. The SMILES string of the molecule is COC(=O)c1ccc(N)c([AsH]C(=O)c2ccccc2)c1. The Hall–Kier alpha value is -2.06. The van der Waals surface area contributed by atoms with Crippen LogP contribution in [0.15, 0.2) is 48.5 Å². The zero-order valence-corrected chi connectivity index (χ0v) is 13.0. The number of carbonyl (C=O) groups excluding carboxylic acids is 2. The number of nitrogens with two attached hydrogens (primary N) is 1. The molecule has 0 spiro atoms. The number of rotatable bonds is 4. The van der Waals surface area contributed by atoms with E-state index in [1.165, 1.54) is 7.11 Å². The van der Waals surface area contributed by atoms with Crippen molar-refractivity contribution in [3.05, 3.63) is 59.7 Å². The molecule has 0 aliphatic rings. The molecular weight excluding hydrogens is 317 g/mol. The summed E-state index contributed by atoms with van der Waals surface area (Å²) in [6.07, 6.45) is 0. The molecule has 4 nitrogen and oxygen atoms in total. The summed E-state index contributed by atoms with van der Waals surface area (Å²) >= 11 is -1.11. The first-order valence-electron chi connectivity index (χ1n) is 5.96. The Morgan fingerprint density at radius 3 is 2.40 bits per heavy atom. The molecule has 0 radical (unpaired) electrons. The summed E-state index contributed by atoms with van der Waals surface area (Å²) in [4.78, 5) is 23.7. The molecule has 0 fully saturated rings. The van der Waals surface area contributed by atoms with Crippen molar-refractivity contribution in [3.63, 3.8) is 0 Å². The van der Waals surface area contributed by atoms with E-state index in [9.17, 15) is 9.59 Å². The first kappa shape index (κ1) is 14.3. The van der Waals surface area contributed by atoms with E-state index in [0.29, 0.717) is 16.8 Å². The van der Waals surface area contributed by atoms with E-state index in [-0.39, 0.29) is 4.57 Å². The molecule has 2 N–H and O–H groups in total. The van der Waals surface area contributed by atoms with Crippen LogP contribution in [0.5, 0.6) is 0 Å². The van der Waals surface area contributed by atoms with Gasteiger partial charge < -0.3 is 0 Å². The normalized spacial score (nSPS) is 10.7. The van der Waals surface area contributed by atoms with Crippen LogP contribution < -0.4 is 10.1 Å². The van der Waals surface area contributed by atoms with E-state index < -0.39 is 21.7 Å². The molecule has 1 unspecified atom stereocenters. The summed E-state index contributed by atoms with van der Waals surface area (Å²) in [5.74, 6) is -0.426.